The van der Waals surface area contributed by atoms with Gasteiger partial charge in [0.25, 0.3) is 0 Å². The van der Waals surface area contributed by atoms with E-state index in [1.807, 2.05) is 13.0 Å². The first-order valence-corrected chi connectivity index (χ1v) is 6.33. The van der Waals surface area contributed by atoms with Crippen LogP contribution in [0.15, 0.2) is 24.5 Å². The van der Waals surface area contributed by atoms with Crippen LogP contribution in [0.1, 0.15) is 5.82 Å². The first-order valence-electron chi connectivity index (χ1n) is 5.95. The van der Waals surface area contributed by atoms with Crippen molar-refractivity contribution >= 4 is 34.3 Å². The monoisotopic (exact) mass is 289 g/mol. The number of nitrogens with one attached hydrogen (secondary N) is 2. The van der Waals surface area contributed by atoms with E-state index in [-0.39, 0.29) is 0 Å². The maximum Gasteiger partial charge on any atom is 0.183 e. The number of fused-ring (bicyclic) bond motifs is 1. The fourth-order valence-electron chi connectivity index (χ4n) is 1.92. The lowest BCUT2D eigenvalue weighted by Crippen LogP contribution is -1.96. The van der Waals surface area contributed by atoms with Gasteiger partial charge in [0.1, 0.15) is 23.4 Å². The maximum atomic E-state index is 6.10. The molecule has 0 saturated heterocycles. The van der Waals surface area contributed by atoms with Crippen molar-refractivity contribution in [1.29, 1.82) is 0 Å². The first kappa shape index (κ1) is 12.7. The van der Waals surface area contributed by atoms with Crippen LogP contribution in [0, 0.1) is 6.92 Å². The number of methoxy groups -OCH3 is 1. The molecule has 6 nitrogen and oxygen atoms in total. The largest absolute Gasteiger partial charge is 0.495 e. The summed E-state index contributed by atoms with van der Waals surface area (Å²) in [5.74, 6) is 2.07. The van der Waals surface area contributed by atoms with Gasteiger partial charge in [0.2, 0.25) is 0 Å². The van der Waals surface area contributed by atoms with Crippen LogP contribution in [0.25, 0.3) is 11.2 Å². The summed E-state index contributed by atoms with van der Waals surface area (Å²) in [5, 5.41) is 3.72. The summed E-state index contributed by atoms with van der Waals surface area (Å²) in [7, 11) is 1.58. The minimum Gasteiger partial charge on any atom is -0.495 e. The van der Waals surface area contributed by atoms with E-state index in [1.165, 1.54) is 6.33 Å². The van der Waals surface area contributed by atoms with Crippen molar-refractivity contribution in [1.82, 2.24) is 19.9 Å². The number of benzene rings is 1. The molecule has 0 aliphatic rings. The van der Waals surface area contributed by atoms with Crippen LogP contribution in [-0.2, 0) is 0 Å². The second kappa shape index (κ2) is 4.97. The van der Waals surface area contributed by atoms with Gasteiger partial charge >= 0.3 is 0 Å². The number of rotatable bonds is 3. The third kappa shape index (κ3) is 2.25. The van der Waals surface area contributed by atoms with Gasteiger partial charge in [0, 0.05) is 5.69 Å². The maximum absolute atomic E-state index is 6.10. The molecule has 3 aromatic rings. The number of H-pyrrole nitrogens is 1. The van der Waals surface area contributed by atoms with Crippen LogP contribution < -0.4 is 10.1 Å². The van der Waals surface area contributed by atoms with Crippen LogP contribution in [0.2, 0.25) is 5.02 Å². The average Bonchev–Trinajstić information content (AvgIpc) is 2.80. The van der Waals surface area contributed by atoms with Crippen molar-refractivity contribution < 1.29 is 4.74 Å². The fourth-order valence-corrected chi connectivity index (χ4v) is 2.18. The van der Waals surface area contributed by atoms with Crippen molar-refractivity contribution in [3.63, 3.8) is 0 Å². The lowest BCUT2D eigenvalue weighted by molar-refractivity contribution is 0.415. The molecule has 0 atom stereocenters. The van der Waals surface area contributed by atoms with E-state index >= 15 is 0 Å². The Bertz CT molecular complexity index is 771. The van der Waals surface area contributed by atoms with Crippen molar-refractivity contribution in [2.45, 2.75) is 6.92 Å². The van der Waals surface area contributed by atoms with Gasteiger partial charge in [-0.2, -0.15) is 0 Å². The van der Waals surface area contributed by atoms with Crippen LogP contribution in [0.4, 0.5) is 11.5 Å². The van der Waals surface area contributed by atoms with Crippen molar-refractivity contribution in [2.24, 2.45) is 0 Å². The van der Waals surface area contributed by atoms with E-state index in [2.05, 4.69) is 25.3 Å². The summed E-state index contributed by atoms with van der Waals surface area (Å²) in [6.07, 6.45) is 1.47. The molecular weight excluding hydrogens is 278 g/mol. The number of halogens is 1. The van der Waals surface area contributed by atoms with Crippen LogP contribution >= 0.6 is 11.6 Å². The van der Waals surface area contributed by atoms with Gasteiger partial charge in [-0.25, -0.2) is 15.0 Å². The molecule has 0 spiro atoms. The lowest BCUT2D eigenvalue weighted by Gasteiger charge is -2.08. The molecule has 0 unspecified atom stereocenters. The normalized spacial score (nSPS) is 10.8. The van der Waals surface area contributed by atoms with E-state index in [1.54, 1.807) is 19.2 Å². The molecule has 102 valence electrons. The highest BCUT2D eigenvalue weighted by Crippen LogP contribution is 2.29. The van der Waals surface area contributed by atoms with Gasteiger partial charge in [-0.1, -0.05) is 11.6 Å². The third-order valence-electron chi connectivity index (χ3n) is 2.82. The molecule has 0 aliphatic heterocycles. The molecule has 0 bridgehead atoms. The zero-order valence-corrected chi connectivity index (χ0v) is 11.7. The minimum atomic E-state index is 0.531. The standard InChI is InChI=1S/C13H12ClN5O/c1-7-17-11-12(18-7)15-6-16-13(11)19-8-3-4-10(20-2)9(14)5-8/h3-6H,1-2H3,(H2,15,16,17,18,19). The van der Waals surface area contributed by atoms with Crippen molar-refractivity contribution in [3.05, 3.63) is 35.4 Å². The molecule has 2 N–H and O–H groups in total. The van der Waals surface area contributed by atoms with E-state index < -0.39 is 0 Å². The zero-order chi connectivity index (χ0) is 14.1. The molecule has 0 radical (unpaired) electrons. The molecule has 2 aromatic heterocycles. The van der Waals surface area contributed by atoms with Crippen molar-refractivity contribution in [2.75, 3.05) is 12.4 Å². The van der Waals surface area contributed by atoms with Gasteiger partial charge in [0.05, 0.1) is 12.1 Å². The predicted octanol–water partition coefficient (Wildman–Crippen LogP) is 3.07. The van der Waals surface area contributed by atoms with Gasteiger partial charge in [0.15, 0.2) is 11.5 Å². The molecule has 2 heterocycles. The molecule has 0 saturated carbocycles. The topological polar surface area (TPSA) is 75.7 Å². The first-order chi connectivity index (χ1) is 9.67. The number of aryl methyl sites for hydroxylation is 1. The highest BCUT2D eigenvalue weighted by molar-refractivity contribution is 6.32. The second-order valence-electron chi connectivity index (χ2n) is 4.22. The molecule has 7 heteroatoms. The molecule has 3 rings (SSSR count). The smallest absolute Gasteiger partial charge is 0.183 e. The highest BCUT2D eigenvalue weighted by atomic mass is 35.5. The molecule has 0 aliphatic carbocycles. The van der Waals surface area contributed by atoms with Crippen LogP contribution in [-0.4, -0.2) is 27.0 Å². The number of ether oxygens (including phenoxy) is 1. The Kier molecular flexibility index (Phi) is 3.15. The number of anilines is 2. The molecule has 0 fully saturated rings. The van der Waals surface area contributed by atoms with E-state index in [4.69, 9.17) is 16.3 Å². The predicted molar refractivity (Wildman–Crippen MR) is 77.7 cm³/mol. The average molecular weight is 290 g/mol. The molecule has 20 heavy (non-hydrogen) atoms. The minimum absolute atomic E-state index is 0.531. The lowest BCUT2D eigenvalue weighted by atomic mass is 10.3. The molecular formula is C13H12ClN5O. The van der Waals surface area contributed by atoms with E-state index in [9.17, 15) is 0 Å². The third-order valence-corrected chi connectivity index (χ3v) is 3.12. The summed E-state index contributed by atoms with van der Waals surface area (Å²) in [6.45, 7) is 1.87. The van der Waals surface area contributed by atoms with E-state index in [0.717, 1.165) is 17.0 Å². The quantitative estimate of drug-likeness (QED) is 0.775. The van der Waals surface area contributed by atoms with Gasteiger partial charge in [-0.3, -0.25) is 0 Å². The summed E-state index contributed by atoms with van der Waals surface area (Å²) in [6, 6.07) is 5.43. The van der Waals surface area contributed by atoms with Gasteiger partial charge < -0.3 is 15.0 Å². The van der Waals surface area contributed by atoms with E-state index in [0.29, 0.717) is 22.2 Å². The van der Waals surface area contributed by atoms with Crippen LogP contribution in [0.3, 0.4) is 0 Å². The molecule has 1 aromatic carbocycles. The number of hydrogen-bond acceptors (Lipinski definition) is 5. The van der Waals surface area contributed by atoms with Gasteiger partial charge in [-0.15, -0.1) is 0 Å². The van der Waals surface area contributed by atoms with Crippen molar-refractivity contribution in [3.8, 4) is 5.75 Å². The molecule has 0 amide bonds. The Labute approximate surface area is 120 Å². The summed E-state index contributed by atoms with van der Waals surface area (Å²) in [5.41, 5.74) is 2.19. The summed E-state index contributed by atoms with van der Waals surface area (Å²) < 4.78 is 5.12. The Morgan fingerprint density at radius 1 is 1.30 bits per heavy atom. The number of imidazole rings is 1. The van der Waals surface area contributed by atoms with Crippen LogP contribution in [0.5, 0.6) is 5.75 Å². The van der Waals surface area contributed by atoms with Gasteiger partial charge in [-0.05, 0) is 25.1 Å². The number of aromatic amines is 1. The highest BCUT2D eigenvalue weighted by Gasteiger charge is 2.09. The number of aromatic nitrogens is 4. The Hall–Kier alpha value is -2.34. The Balaban J connectivity index is 1.98. The number of nitrogens with zero attached hydrogens (tertiary/aromatic N) is 3. The SMILES string of the molecule is COc1ccc(Nc2ncnc3nc(C)[nH]c23)cc1Cl. The summed E-state index contributed by atoms with van der Waals surface area (Å²) in [4.78, 5) is 15.7. The fraction of sp³-hybridized carbons (Fsp3) is 0.154. The second-order valence-corrected chi connectivity index (χ2v) is 4.62. The summed E-state index contributed by atoms with van der Waals surface area (Å²) >= 11 is 6.10. The zero-order valence-electron chi connectivity index (χ0n) is 10.9. The Morgan fingerprint density at radius 3 is 2.90 bits per heavy atom. The Morgan fingerprint density at radius 2 is 2.15 bits per heavy atom. The number of hydrogen-bond donors (Lipinski definition) is 2.